The van der Waals surface area contributed by atoms with Crippen LogP contribution in [0.3, 0.4) is 0 Å². The number of allylic oxidation sites excluding steroid dienone is 2. The summed E-state index contributed by atoms with van der Waals surface area (Å²) >= 11 is 2.05. The maximum absolute atomic E-state index is 11.9. The van der Waals surface area contributed by atoms with Crippen molar-refractivity contribution in [1.29, 1.82) is 0 Å². The molecular formula is C76H134N2Ni. The van der Waals surface area contributed by atoms with E-state index in [2.05, 4.69) is 90.9 Å². The number of hydrogen-bond acceptors (Lipinski definition) is 0. The fraction of sp³-hybridized carbons (Fsp3) is 0.789. The molecule has 0 saturated heterocycles. The van der Waals surface area contributed by atoms with Crippen molar-refractivity contribution in [2.24, 2.45) is 0 Å². The summed E-state index contributed by atoms with van der Waals surface area (Å²) in [4.78, 5) is 0. The molecule has 1 aliphatic heterocycles. The zero-order valence-corrected chi connectivity index (χ0v) is 55.2. The van der Waals surface area contributed by atoms with Crippen molar-refractivity contribution in [3.8, 4) is 0 Å². The van der Waals surface area contributed by atoms with E-state index in [1.807, 2.05) is 14.4 Å². The summed E-state index contributed by atoms with van der Waals surface area (Å²) in [5.41, 5.74) is 23.1. The topological polar surface area (TPSA) is 25.3 Å². The van der Waals surface area contributed by atoms with Crippen LogP contribution in [0.15, 0.2) is 48.0 Å². The molecule has 0 bridgehead atoms. The fourth-order valence-corrected chi connectivity index (χ4v) is 13.0. The maximum atomic E-state index is 11.9. The van der Waals surface area contributed by atoms with Gasteiger partial charge >= 0.3 is 166 Å². The first-order valence-corrected chi connectivity index (χ1v) is 37.0. The minimum atomic E-state index is 0.950. The monoisotopic (exact) mass is 1130 g/mol. The van der Waals surface area contributed by atoms with Crippen LogP contribution in [-0.4, -0.2) is 4.70 Å². The van der Waals surface area contributed by atoms with Gasteiger partial charge in [0.2, 0.25) is 11.4 Å². The molecule has 0 amide bonds. The molecule has 2 nitrogen and oxygen atoms in total. The van der Waals surface area contributed by atoms with Crippen LogP contribution in [0.2, 0.25) is 10.8 Å². The molecule has 79 heavy (non-hydrogen) atoms. The van der Waals surface area contributed by atoms with E-state index in [9.17, 15) is 5.53 Å². The SMILES string of the molecule is CCCCCCC1=C(c2cc(CCCC)cc(CCCC)c2)[N+](=[N-])C(c2cc(CCCC)cc(CCCC)c2)=C1.CCCCCCCCCCCCCCCCCC[CH2][Ni][CH2]CCCCCCCCCCCCCCCCCC. The van der Waals surface area contributed by atoms with Crippen molar-refractivity contribution in [2.75, 3.05) is 0 Å². The average Bonchev–Trinajstić information content (AvgIpc) is 3.89. The van der Waals surface area contributed by atoms with Gasteiger partial charge in [-0.2, -0.15) is 0 Å². The van der Waals surface area contributed by atoms with E-state index in [0.29, 0.717) is 0 Å². The molecule has 2 aromatic rings. The van der Waals surface area contributed by atoms with E-state index in [1.165, 1.54) is 340 Å². The molecule has 0 radical (unpaired) electrons. The Kier molecular flexibility index (Phi) is 50.0. The molecule has 1 heterocycles. The van der Waals surface area contributed by atoms with Crippen LogP contribution in [0.5, 0.6) is 0 Å². The number of unbranched alkanes of at least 4 members (excludes halogenated alkanes) is 39. The first-order valence-electron chi connectivity index (χ1n) is 35.6. The van der Waals surface area contributed by atoms with Crippen LogP contribution in [0.4, 0.5) is 0 Å². The summed E-state index contributed by atoms with van der Waals surface area (Å²) in [6, 6.07) is 14.2. The third kappa shape index (κ3) is 38.5. The number of benzene rings is 2. The molecule has 0 fully saturated rings. The molecule has 2 aromatic carbocycles. The van der Waals surface area contributed by atoms with Crippen LogP contribution in [0.25, 0.3) is 16.9 Å². The van der Waals surface area contributed by atoms with Gasteiger partial charge in [0.1, 0.15) is 0 Å². The smallest absolute Gasteiger partial charge is 0.0654 e. The van der Waals surface area contributed by atoms with Crippen LogP contribution in [0.1, 0.15) is 384 Å². The minimum Gasteiger partial charge on any atom is -0.0654 e. The van der Waals surface area contributed by atoms with Crippen LogP contribution < -0.4 is 0 Å². The third-order valence-corrected chi connectivity index (χ3v) is 18.4. The van der Waals surface area contributed by atoms with Gasteiger partial charge in [-0.15, -0.1) is 0 Å². The first kappa shape index (κ1) is 73.1. The van der Waals surface area contributed by atoms with Crippen LogP contribution in [0, 0.1) is 0 Å². The Bertz CT molecular complexity index is 1680. The van der Waals surface area contributed by atoms with Gasteiger partial charge in [0.05, 0.1) is 0 Å². The molecule has 0 aromatic heterocycles. The summed E-state index contributed by atoms with van der Waals surface area (Å²) in [5, 5.41) is 2.87. The molecule has 1 aliphatic rings. The predicted octanol–water partition coefficient (Wildman–Crippen LogP) is 27.0. The zero-order chi connectivity index (χ0) is 56.9. The van der Waals surface area contributed by atoms with E-state index in [1.54, 1.807) is 4.70 Å². The molecule has 0 spiro atoms. The summed E-state index contributed by atoms with van der Waals surface area (Å²) in [7, 11) is 0. The Hall–Kier alpha value is -1.99. The van der Waals surface area contributed by atoms with Crippen LogP contribution in [-0.2, 0) is 40.1 Å². The molecule has 3 heteroatoms. The van der Waals surface area contributed by atoms with Crippen LogP contribution >= 0.6 is 0 Å². The van der Waals surface area contributed by atoms with E-state index in [-0.39, 0.29) is 0 Å². The van der Waals surface area contributed by atoms with E-state index in [0.717, 1.165) is 49.1 Å². The van der Waals surface area contributed by atoms with Crippen molar-refractivity contribution in [3.63, 3.8) is 0 Å². The summed E-state index contributed by atoms with van der Waals surface area (Å²) in [6.45, 7) is 16.0. The average molecular weight is 1130 g/mol. The summed E-state index contributed by atoms with van der Waals surface area (Å²) < 4.78 is 1.54. The Labute approximate surface area is 501 Å². The zero-order valence-electron chi connectivity index (χ0n) is 54.2. The van der Waals surface area contributed by atoms with Gasteiger partial charge in [-0.3, -0.25) is 0 Å². The number of aryl methyl sites for hydroxylation is 4. The second kappa shape index (κ2) is 54.0. The van der Waals surface area contributed by atoms with E-state index >= 15 is 0 Å². The molecule has 458 valence electrons. The molecule has 0 unspecified atom stereocenters. The summed E-state index contributed by atoms with van der Waals surface area (Å²) in [5.74, 6) is 0. The predicted molar refractivity (Wildman–Crippen MR) is 353 cm³/mol. The second-order valence-electron chi connectivity index (χ2n) is 24.8. The standard InChI is InChI=1S/C38H56N2.2C19H39.Ni/c1-6-11-16-17-22-34-29-37(35-25-30(18-12-7-2)23-31(26-35)19-13-8-3)40(39)38(34)36-27-32(20-14-9-4)24-33(28-36)21-15-10-5;2*1-3-5-7-9-11-13-15-17-19-18-16-14-12-10-8-6-4-2;/h23-29H,6-22H2,1-5H3;2*1,3-19H2,2H3;. The molecule has 0 N–H and O–H groups in total. The van der Waals surface area contributed by atoms with Crippen molar-refractivity contribution >= 4 is 11.4 Å². The third-order valence-electron chi connectivity index (χ3n) is 17.0. The normalized spacial score (nSPS) is 12.5. The van der Waals surface area contributed by atoms with Gasteiger partial charge in [0.15, 0.2) is 0 Å². The summed E-state index contributed by atoms with van der Waals surface area (Å²) in [6.07, 6.45) is 72.5. The Morgan fingerprint density at radius 3 is 0.823 bits per heavy atom. The number of rotatable bonds is 55. The molecule has 0 aliphatic carbocycles. The number of hydrogen-bond donors (Lipinski definition) is 0. The Balaban J connectivity index is 0.000000541. The molecule has 3 rings (SSSR count). The van der Waals surface area contributed by atoms with E-state index in [4.69, 9.17) is 0 Å². The van der Waals surface area contributed by atoms with Gasteiger partial charge in [-0.25, -0.2) is 4.70 Å². The van der Waals surface area contributed by atoms with Crippen molar-refractivity contribution < 1.29 is 19.1 Å². The van der Waals surface area contributed by atoms with Gasteiger partial charge in [-0.05, 0) is 111 Å². The van der Waals surface area contributed by atoms with Gasteiger partial charge in [0, 0.05) is 22.8 Å². The quantitative estimate of drug-likeness (QED) is 0.0358. The van der Waals surface area contributed by atoms with Crippen molar-refractivity contribution in [1.82, 2.24) is 0 Å². The molecular weight excluding hydrogens is 1000 g/mol. The first-order chi connectivity index (χ1) is 39.0. The van der Waals surface area contributed by atoms with E-state index < -0.39 is 0 Å². The Morgan fingerprint density at radius 1 is 0.278 bits per heavy atom. The minimum absolute atomic E-state index is 0.950. The Morgan fingerprint density at radius 2 is 0.532 bits per heavy atom. The molecule has 0 saturated carbocycles. The second-order valence-corrected chi connectivity index (χ2v) is 26.3. The van der Waals surface area contributed by atoms with Gasteiger partial charge in [0.25, 0.3) is 0 Å². The molecule has 0 atom stereocenters. The number of nitrogens with zero attached hydrogens (tertiary/aromatic N) is 2. The van der Waals surface area contributed by atoms with Gasteiger partial charge < -0.3 is 5.53 Å². The van der Waals surface area contributed by atoms with Crippen molar-refractivity contribution in [3.05, 3.63) is 87.0 Å². The van der Waals surface area contributed by atoms with Gasteiger partial charge in [-0.1, -0.05) is 183 Å². The van der Waals surface area contributed by atoms with Crippen molar-refractivity contribution in [2.45, 2.75) is 387 Å². The fourth-order valence-electron chi connectivity index (χ4n) is 11.8.